The number of benzene rings is 1. The minimum absolute atomic E-state index is 0.0249. The number of carboxylic acids is 1. The number of carbonyl (C=O) groups is 2. The quantitative estimate of drug-likeness (QED) is 0.821. The lowest BCUT2D eigenvalue weighted by Crippen LogP contribution is -2.43. The number of aromatic nitrogens is 2. The van der Waals surface area contributed by atoms with Gasteiger partial charge in [-0.3, -0.25) is 9.59 Å². The molecular formula is C17H21N3O3. The van der Waals surface area contributed by atoms with Crippen molar-refractivity contribution in [2.45, 2.75) is 38.8 Å². The number of hydrogen-bond donors (Lipinski definition) is 2. The minimum Gasteiger partial charge on any atom is -0.481 e. The summed E-state index contributed by atoms with van der Waals surface area (Å²) in [6.45, 7) is 4.34. The zero-order valence-electron chi connectivity index (χ0n) is 13.3. The zero-order chi connectivity index (χ0) is 16.9. The van der Waals surface area contributed by atoms with Crippen LogP contribution in [0.3, 0.4) is 0 Å². The molecule has 0 saturated carbocycles. The lowest BCUT2D eigenvalue weighted by atomic mass is 9.97. The molecule has 0 atom stereocenters. The molecule has 2 N–H and O–H groups in total. The lowest BCUT2D eigenvalue weighted by Gasteiger charge is -2.25. The van der Waals surface area contributed by atoms with Gasteiger partial charge in [-0.1, -0.05) is 12.1 Å². The van der Waals surface area contributed by atoms with Gasteiger partial charge >= 0.3 is 5.97 Å². The van der Waals surface area contributed by atoms with Crippen LogP contribution in [0.2, 0.25) is 0 Å². The Balaban J connectivity index is 1.95. The molecule has 23 heavy (non-hydrogen) atoms. The van der Waals surface area contributed by atoms with Crippen LogP contribution in [-0.4, -0.2) is 32.1 Å². The minimum atomic E-state index is -0.865. The van der Waals surface area contributed by atoms with Gasteiger partial charge in [-0.2, -0.15) is 0 Å². The highest BCUT2D eigenvalue weighted by Gasteiger charge is 2.22. The molecular weight excluding hydrogens is 294 g/mol. The van der Waals surface area contributed by atoms with E-state index in [1.54, 1.807) is 24.7 Å². The third-order valence-corrected chi connectivity index (χ3v) is 3.56. The predicted molar refractivity (Wildman–Crippen MR) is 86.2 cm³/mol. The van der Waals surface area contributed by atoms with Crippen molar-refractivity contribution in [2.24, 2.45) is 0 Å². The van der Waals surface area contributed by atoms with E-state index < -0.39 is 11.5 Å². The maximum absolute atomic E-state index is 12.3. The van der Waals surface area contributed by atoms with Crippen LogP contribution in [0.25, 0.3) is 0 Å². The molecule has 0 aliphatic rings. The second kappa shape index (κ2) is 7.09. The SMILES string of the molecule is CC(C)(CCC(=O)O)NC(=O)c1ccc(Cn2ccnc2)cc1. The van der Waals surface area contributed by atoms with Crippen LogP contribution in [-0.2, 0) is 11.3 Å². The van der Waals surface area contributed by atoms with E-state index >= 15 is 0 Å². The van der Waals surface area contributed by atoms with Gasteiger partial charge in [0, 0.05) is 36.5 Å². The Bertz CT molecular complexity index is 661. The average molecular weight is 315 g/mol. The molecule has 1 aromatic carbocycles. The van der Waals surface area contributed by atoms with Crippen LogP contribution in [0, 0.1) is 0 Å². The summed E-state index contributed by atoms with van der Waals surface area (Å²) in [5.41, 5.74) is 1.07. The summed E-state index contributed by atoms with van der Waals surface area (Å²) in [4.78, 5) is 26.9. The van der Waals surface area contributed by atoms with E-state index in [4.69, 9.17) is 5.11 Å². The highest BCUT2D eigenvalue weighted by atomic mass is 16.4. The van der Waals surface area contributed by atoms with E-state index in [-0.39, 0.29) is 12.3 Å². The van der Waals surface area contributed by atoms with Crippen molar-refractivity contribution >= 4 is 11.9 Å². The van der Waals surface area contributed by atoms with E-state index in [0.717, 1.165) is 5.56 Å². The zero-order valence-corrected chi connectivity index (χ0v) is 13.3. The van der Waals surface area contributed by atoms with Gasteiger partial charge in [0.05, 0.1) is 6.33 Å². The van der Waals surface area contributed by atoms with E-state index in [2.05, 4.69) is 10.3 Å². The van der Waals surface area contributed by atoms with Gasteiger partial charge in [0.15, 0.2) is 0 Å². The number of carbonyl (C=O) groups excluding carboxylic acids is 1. The number of rotatable bonds is 7. The number of imidazole rings is 1. The number of hydrogen-bond acceptors (Lipinski definition) is 3. The molecule has 6 heteroatoms. The van der Waals surface area contributed by atoms with Crippen molar-refractivity contribution in [1.29, 1.82) is 0 Å². The molecule has 0 aliphatic carbocycles. The van der Waals surface area contributed by atoms with Crippen LogP contribution in [0.5, 0.6) is 0 Å². The van der Waals surface area contributed by atoms with Crippen LogP contribution in [0.15, 0.2) is 43.0 Å². The Labute approximate surface area is 135 Å². The fourth-order valence-electron chi connectivity index (χ4n) is 2.21. The van der Waals surface area contributed by atoms with E-state index in [1.807, 2.05) is 36.7 Å². The summed E-state index contributed by atoms with van der Waals surface area (Å²) < 4.78 is 1.95. The number of aliphatic carboxylic acids is 1. The summed E-state index contributed by atoms with van der Waals surface area (Å²) in [5.74, 6) is -1.06. The van der Waals surface area contributed by atoms with Crippen molar-refractivity contribution in [3.8, 4) is 0 Å². The van der Waals surface area contributed by atoms with Gasteiger partial charge < -0.3 is 15.0 Å². The maximum Gasteiger partial charge on any atom is 0.303 e. The molecule has 1 heterocycles. The number of amides is 1. The Morgan fingerprint density at radius 3 is 2.52 bits per heavy atom. The summed E-state index contributed by atoms with van der Waals surface area (Å²) in [7, 11) is 0. The molecule has 2 aromatic rings. The van der Waals surface area contributed by atoms with Gasteiger partial charge in [0.25, 0.3) is 5.91 Å². The first-order chi connectivity index (χ1) is 10.9. The Kier molecular flexibility index (Phi) is 5.16. The number of carboxylic acid groups (broad SMARTS) is 1. The predicted octanol–water partition coefficient (Wildman–Crippen LogP) is 2.30. The Morgan fingerprint density at radius 1 is 1.26 bits per heavy atom. The third kappa shape index (κ3) is 5.25. The van der Waals surface area contributed by atoms with Gasteiger partial charge in [-0.05, 0) is 38.0 Å². The highest BCUT2D eigenvalue weighted by molar-refractivity contribution is 5.94. The fraction of sp³-hybridized carbons (Fsp3) is 0.353. The van der Waals surface area contributed by atoms with Crippen molar-refractivity contribution in [1.82, 2.24) is 14.9 Å². The molecule has 0 saturated heterocycles. The number of nitrogens with one attached hydrogen (secondary N) is 1. The Hall–Kier alpha value is -2.63. The molecule has 0 fully saturated rings. The average Bonchev–Trinajstić information content (AvgIpc) is 2.98. The molecule has 2 rings (SSSR count). The van der Waals surface area contributed by atoms with E-state index in [0.29, 0.717) is 18.5 Å². The molecule has 122 valence electrons. The maximum atomic E-state index is 12.3. The van der Waals surface area contributed by atoms with Crippen molar-refractivity contribution in [3.05, 3.63) is 54.1 Å². The molecule has 1 amide bonds. The van der Waals surface area contributed by atoms with Crippen molar-refractivity contribution < 1.29 is 14.7 Å². The van der Waals surface area contributed by atoms with Crippen molar-refractivity contribution in [2.75, 3.05) is 0 Å². The van der Waals surface area contributed by atoms with E-state index in [9.17, 15) is 9.59 Å². The van der Waals surface area contributed by atoms with Gasteiger partial charge in [-0.25, -0.2) is 4.98 Å². The summed E-state index contributed by atoms with van der Waals surface area (Å²) in [6, 6.07) is 7.35. The molecule has 1 aromatic heterocycles. The Morgan fingerprint density at radius 2 is 1.96 bits per heavy atom. The monoisotopic (exact) mass is 315 g/mol. The standard InChI is InChI=1S/C17H21N3O3/c1-17(2,8-7-15(21)22)19-16(23)14-5-3-13(4-6-14)11-20-10-9-18-12-20/h3-6,9-10,12H,7-8,11H2,1-2H3,(H,19,23)(H,21,22). The molecule has 0 bridgehead atoms. The summed E-state index contributed by atoms with van der Waals surface area (Å²) in [6.07, 6.45) is 5.75. The van der Waals surface area contributed by atoms with Gasteiger partial charge in [0.1, 0.15) is 0 Å². The highest BCUT2D eigenvalue weighted by Crippen LogP contribution is 2.13. The smallest absolute Gasteiger partial charge is 0.303 e. The molecule has 6 nitrogen and oxygen atoms in total. The first-order valence-corrected chi connectivity index (χ1v) is 7.45. The van der Waals surface area contributed by atoms with Crippen LogP contribution in [0.1, 0.15) is 42.6 Å². The normalized spacial score (nSPS) is 11.2. The second-order valence-electron chi connectivity index (χ2n) is 6.16. The molecule has 0 spiro atoms. The van der Waals surface area contributed by atoms with Gasteiger partial charge in [-0.15, -0.1) is 0 Å². The topological polar surface area (TPSA) is 84.2 Å². The molecule has 0 radical (unpaired) electrons. The van der Waals surface area contributed by atoms with Crippen molar-refractivity contribution in [3.63, 3.8) is 0 Å². The van der Waals surface area contributed by atoms with Crippen LogP contribution in [0.4, 0.5) is 0 Å². The fourth-order valence-corrected chi connectivity index (χ4v) is 2.21. The van der Waals surface area contributed by atoms with Crippen LogP contribution < -0.4 is 5.32 Å². The first kappa shape index (κ1) is 16.7. The molecule has 0 aliphatic heterocycles. The summed E-state index contributed by atoms with van der Waals surface area (Å²) >= 11 is 0. The molecule has 0 unspecified atom stereocenters. The first-order valence-electron chi connectivity index (χ1n) is 7.45. The second-order valence-corrected chi connectivity index (χ2v) is 6.16. The largest absolute Gasteiger partial charge is 0.481 e. The van der Waals surface area contributed by atoms with Crippen LogP contribution >= 0.6 is 0 Å². The lowest BCUT2D eigenvalue weighted by molar-refractivity contribution is -0.137. The van der Waals surface area contributed by atoms with Gasteiger partial charge in [0.2, 0.25) is 0 Å². The van der Waals surface area contributed by atoms with E-state index in [1.165, 1.54) is 0 Å². The summed E-state index contributed by atoms with van der Waals surface area (Å²) in [5, 5.41) is 11.6. The number of nitrogens with zero attached hydrogens (tertiary/aromatic N) is 2. The third-order valence-electron chi connectivity index (χ3n) is 3.56.